The molecule has 0 bridgehead atoms. The molecule has 1 unspecified atom stereocenters. The van der Waals surface area contributed by atoms with Gasteiger partial charge in [0.2, 0.25) is 0 Å². The Labute approximate surface area is 115 Å². The van der Waals surface area contributed by atoms with Gasteiger partial charge in [-0.05, 0) is 19.1 Å². The number of nitrogens with zero attached hydrogens (tertiary/aromatic N) is 1. The molecule has 0 saturated heterocycles. The number of ether oxygens (including phenoxy) is 3. The molecule has 0 aliphatic rings. The number of hydrogen-bond acceptors (Lipinski definition) is 5. The maximum absolute atomic E-state index is 11.5. The smallest absolute Gasteiger partial charge is 0.347 e. The van der Waals surface area contributed by atoms with E-state index in [9.17, 15) is 4.79 Å². The van der Waals surface area contributed by atoms with Crippen LogP contribution in [0.15, 0.2) is 12.1 Å². The topological polar surface area (TPSA) is 57.7 Å². The minimum Gasteiger partial charge on any atom is -0.476 e. The monoisotopic (exact) mass is 293 g/mol. The molecule has 0 N–H and O–H groups in total. The Balaban J connectivity index is 2.53. The van der Waals surface area contributed by atoms with Gasteiger partial charge >= 0.3 is 5.97 Å². The Kier molecular flexibility index (Phi) is 6.18. The van der Waals surface area contributed by atoms with E-state index in [2.05, 4.69) is 4.98 Å². The lowest BCUT2D eigenvalue weighted by Gasteiger charge is -2.14. The van der Waals surface area contributed by atoms with Gasteiger partial charge in [0.1, 0.15) is 11.8 Å². The van der Waals surface area contributed by atoms with E-state index in [4.69, 9.17) is 37.4 Å². The molecule has 1 heterocycles. The average Bonchev–Trinajstić information content (AvgIpc) is 2.32. The van der Waals surface area contributed by atoms with E-state index in [0.29, 0.717) is 6.61 Å². The largest absolute Gasteiger partial charge is 0.476 e. The second-order valence-electron chi connectivity index (χ2n) is 3.34. The molecule has 1 atom stereocenters. The molecule has 0 spiro atoms. The molecule has 1 rings (SSSR count). The standard InChI is InChI=1S/C11H13Cl2NO4/c1-7(11(15)17-6-5-16-2)18-8-3-4-9(12)14-10(8)13/h3-4,7H,5-6H2,1-2H3. The van der Waals surface area contributed by atoms with Crippen molar-refractivity contribution in [2.24, 2.45) is 0 Å². The predicted molar refractivity (Wildman–Crippen MR) is 67.2 cm³/mol. The third-order valence-corrected chi connectivity index (χ3v) is 2.43. The predicted octanol–water partition coefficient (Wildman–Crippen LogP) is 2.35. The summed E-state index contributed by atoms with van der Waals surface area (Å²) >= 11 is 11.5. The Morgan fingerprint density at radius 2 is 2.11 bits per heavy atom. The Morgan fingerprint density at radius 3 is 2.72 bits per heavy atom. The van der Waals surface area contributed by atoms with Crippen LogP contribution in [0.5, 0.6) is 5.75 Å². The molecule has 0 aliphatic heterocycles. The van der Waals surface area contributed by atoms with Crippen molar-refractivity contribution in [3.05, 3.63) is 22.4 Å². The van der Waals surface area contributed by atoms with Crippen molar-refractivity contribution < 1.29 is 19.0 Å². The van der Waals surface area contributed by atoms with Crippen LogP contribution in [0.4, 0.5) is 0 Å². The van der Waals surface area contributed by atoms with Gasteiger partial charge in [0.05, 0.1) is 6.61 Å². The van der Waals surface area contributed by atoms with Crippen molar-refractivity contribution in [3.63, 3.8) is 0 Å². The summed E-state index contributed by atoms with van der Waals surface area (Å²) in [5.74, 6) is -0.227. The highest BCUT2D eigenvalue weighted by Crippen LogP contribution is 2.24. The van der Waals surface area contributed by atoms with Gasteiger partial charge in [-0.3, -0.25) is 0 Å². The van der Waals surface area contributed by atoms with Gasteiger partial charge in [0.25, 0.3) is 0 Å². The molecule has 0 saturated carbocycles. The molecule has 1 aromatic heterocycles. The van der Waals surface area contributed by atoms with Gasteiger partial charge in [-0.15, -0.1) is 0 Å². The Bertz CT molecular complexity index is 414. The first-order valence-corrected chi connectivity index (χ1v) is 5.94. The van der Waals surface area contributed by atoms with Gasteiger partial charge in [-0.2, -0.15) is 0 Å². The zero-order chi connectivity index (χ0) is 13.5. The summed E-state index contributed by atoms with van der Waals surface area (Å²) in [6.45, 7) is 2.07. The molecule has 0 amide bonds. The molecule has 0 aliphatic carbocycles. The van der Waals surface area contributed by atoms with Crippen molar-refractivity contribution in [3.8, 4) is 5.75 Å². The van der Waals surface area contributed by atoms with Crippen LogP contribution in [0.25, 0.3) is 0 Å². The maximum Gasteiger partial charge on any atom is 0.347 e. The average molecular weight is 294 g/mol. The van der Waals surface area contributed by atoms with Crippen LogP contribution < -0.4 is 4.74 Å². The zero-order valence-corrected chi connectivity index (χ0v) is 11.5. The quantitative estimate of drug-likeness (QED) is 0.458. The van der Waals surface area contributed by atoms with E-state index < -0.39 is 12.1 Å². The van der Waals surface area contributed by atoms with Gasteiger partial charge in [-0.1, -0.05) is 23.2 Å². The minimum absolute atomic E-state index is 0.0963. The van der Waals surface area contributed by atoms with Gasteiger partial charge in [-0.25, -0.2) is 9.78 Å². The second kappa shape index (κ2) is 7.41. The number of halogens is 2. The fourth-order valence-corrected chi connectivity index (χ4v) is 1.46. The molecular weight excluding hydrogens is 281 g/mol. The van der Waals surface area contributed by atoms with E-state index in [1.807, 2.05) is 0 Å². The van der Waals surface area contributed by atoms with E-state index in [1.54, 1.807) is 6.92 Å². The first kappa shape index (κ1) is 15.0. The van der Waals surface area contributed by atoms with E-state index in [0.717, 1.165) is 0 Å². The molecule has 0 fully saturated rings. The summed E-state index contributed by atoms with van der Waals surface area (Å²) < 4.78 is 15.0. The summed E-state index contributed by atoms with van der Waals surface area (Å²) in [6, 6.07) is 3.06. The molecule has 5 nitrogen and oxygen atoms in total. The third-order valence-electron chi connectivity index (χ3n) is 1.95. The lowest BCUT2D eigenvalue weighted by atomic mass is 10.4. The van der Waals surface area contributed by atoms with Crippen molar-refractivity contribution in [1.29, 1.82) is 0 Å². The fraction of sp³-hybridized carbons (Fsp3) is 0.455. The minimum atomic E-state index is -0.790. The third kappa shape index (κ3) is 4.68. The van der Waals surface area contributed by atoms with Crippen LogP contribution in [0.2, 0.25) is 10.3 Å². The van der Waals surface area contributed by atoms with Crippen molar-refractivity contribution >= 4 is 29.2 Å². The number of carbonyl (C=O) groups excluding carboxylic acids is 1. The molecule has 100 valence electrons. The number of rotatable bonds is 6. The number of aromatic nitrogens is 1. The van der Waals surface area contributed by atoms with Gasteiger partial charge < -0.3 is 14.2 Å². The highest BCUT2D eigenvalue weighted by atomic mass is 35.5. The van der Waals surface area contributed by atoms with Gasteiger partial charge in [0, 0.05) is 7.11 Å². The second-order valence-corrected chi connectivity index (χ2v) is 4.09. The lowest BCUT2D eigenvalue weighted by Crippen LogP contribution is -2.27. The first-order valence-electron chi connectivity index (χ1n) is 5.19. The Hall–Kier alpha value is -1.04. The van der Waals surface area contributed by atoms with Crippen LogP contribution in [-0.2, 0) is 14.3 Å². The van der Waals surface area contributed by atoms with Crippen LogP contribution in [0.1, 0.15) is 6.92 Å². The Morgan fingerprint density at radius 1 is 1.39 bits per heavy atom. The van der Waals surface area contributed by atoms with Crippen molar-refractivity contribution in [2.45, 2.75) is 13.0 Å². The van der Waals surface area contributed by atoms with Crippen LogP contribution in [0.3, 0.4) is 0 Å². The summed E-state index contributed by atoms with van der Waals surface area (Å²) in [6.07, 6.45) is -0.790. The number of pyridine rings is 1. The van der Waals surface area contributed by atoms with Gasteiger partial charge in [0.15, 0.2) is 17.0 Å². The molecule has 0 radical (unpaired) electrons. The molecule has 1 aromatic rings. The summed E-state index contributed by atoms with van der Waals surface area (Å²) in [4.78, 5) is 15.3. The highest BCUT2D eigenvalue weighted by molar-refractivity contribution is 6.33. The molecule has 18 heavy (non-hydrogen) atoms. The summed E-state index contributed by atoms with van der Waals surface area (Å²) in [7, 11) is 1.52. The van der Waals surface area contributed by atoms with E-state index in [-0.39, 0.29) is 22.7 Å². The fourth-order valence-electron chi connectivity index (χ4n) is 1.07. The van der Waals surface area contributed by atoms with Crippen molar-refractivity contribution in [2.75, 3.05) is 20.3 Å². The van der Waals surface area contributed by atoms with Crippen LogP contribution in [-0.4, -0.2) is 37.4 Å². The maximum atomic E-state index is 11.5. The summed E-state index contributed by atoms with van der Waals surface area (Å²) in [5, 5.41) is 0.349. The molecular formula is C11H13Cl2NO4. The number of esters is 1. The molecule has 0 aromatic carbocycles. The first-order chi connectivity index (χ1) is 8.54. The van der Waals surface area contributed by atoms with E-state index >= 15 is 0 Å². The SMILES string of the molecule is COCCOC(=O)C(C)Oc1ccc(Cl)nc1Cl. The summed E-state index contributed by atoms with van der Waals surface area (Å²) in [5.41, 5.74) is 0. The number of hydrogen-bond donors (Lipinski definition) is 0. The van der Waals surface area contributed by atoms with Crippen molar-refractivity contribution in [1.82, 2.24) is 4.98 Å². The van der Waals surface area contributed by atoms with Crippen LogP contribution in [0, 0.1) is 0 Å². The highest BCUT2D eigenvalue weighted by Gasteiger charge is 2.18. The number of methoxy groups -OCH3 is 1. The lowest BCUT2D eigenvalue weighted by molar-refractivity contribution is -0.152. The number of carbonyl (C=O) groups is 1. The van der Waals surface area contributed by atoms with Crippen LogP contribution >= 0.6 is 23.2 Å². The normalized spacial score (nSPS) is 12.0. The van der Waals surface area contributed by atoms with E-state index in [1.165, 1.54) is 19.2 Å². The zero-order valence-electron chi connectivity index (χ0n) is 9.98. The molecule has 7 heteroatoms.